The minimum atomic E-state index is -0.394. The summed E-state index contributed by atoms with van der Waals surface area (Å²) in [5.74, 6) is -0.610. The number of halogens is 1. The second kappa shape index (κ2) is 6.02. The Labute approximate surface area is 112 Å². The molecule has 1 unspecified atom stereocenters. The highest BCUT2D eigenvalue weighted by molar-refractivity contribution is 5.81. The van der Waals surface area contributed by atoms with Gasteiger partial charge in [0.05, 0.1) is 0 Å². The molecule has 2 rings (SSSR count). The van der Waals surface area contributed by atoms with Crippen LogP contribution in [0.3, 0.4) is 0 Å². The molecule has 5 heteroatoms. The number of carbonyl (C=O) groups is 1. The molecule has 0 fully saturated rings. The van der Waals surface area contributed by atoms with Crippen LogP contribution in [0.15, 0.2) is 18.2 Å². The molecule has 104 valence electrons. The van der Waals surface area contributed by atoms with Gasteiger partial charge in [0.2, 0.25) is 5.91 Å². The summed E-state index contributed by atoms with van der Waals surface area (Å²) in [5, 5.41) is 3.13. The first-order chi connectivity index (χ1) is 9.11. The van der Waals surface area contributed by atoms with Gasteiger partial charge in [-0.1, -0.05) is 13.0 Å². The first kappa shape index (κ1) is 13.8. The molecule has 1 aromatic rings. The van der Waals surface area contributed by atoms with E-state index in [0.717, 1.165) is 37.2 Å². The zero-order chi connectivity index (χ0) is 13.8. The van der Waals surface area contributed by atoms with Crippen molar-refractivity contribution in [1.82, 2.24) is 5.32 Å². The van der Waals surface area contributed by atoms with Gasteiger partial charge < -0.3 is 16.0 Å². The SMILES string of the molecule is CCCNC(CN1CCc2ccc(F)cc21)C(N)=O. The largest absolute Gasteiger partial charge is 0.369 e. The van der Waals surface area contributed by atoms with E-state index < -0.39 is 6.04 Å². The zero-order valence-electron chi connectivity index (χ0n) is 11.2. The third-order valence-corrected chi connectivity index (χ3v) is 3.43. The third kappa shape index (κ3) is 3.23. The van der Waals surface area contributed by atoms with Gasteiger partial charge >= 0.3 is 0 Å². The number of nitrogens with two attached hydrogens (primary N) is 1. The number of hydrogen-bond acceptors (Lipinski definition) is 3. The molecule has 1 aliphatic rings. The molecule has 0 spiro atoms. The normalized spacial score (nSPS) is 15.4. The second-order valence-corrected chi connectivity index (χ2v) is 4.88. The number of carbonyl (C=O) groups excluding carboxylic acids is 1. The van der Waals surface area contributed by atoms with Crippen molar-refractivity contribution in [3.05, 3.63) is 29.6 Å². The van der Waals surface area contributed by atoms with Gasteiger partial charge in [-0.05, 0) is 37.1 Å². The summed E-state index contributed by atoms with van der Waals surface area (Å²) in [4.78, 5) is 13.5. The van der Waals surface area contributed by atoms with Crippen molar-refractivity contribution in [2.24, 2.45) is 5.73 Å². The Hall–Kier alpha value is -1.62. The molecule has 1 heterocycles. The molecule has 0 saturated heterocycles. The van der Waals surface area contributed by atoms with Crippen LogP contribution in [-0.4, -0.2) is 31.6 Å². The predicted octanol–water partition coefficient (Wildman–Crippen LogP) is 1.04. The number of primary amides is 1. The van der Waals surface area contributed by atoms with Crippen molar-refractivity contribution in [3.8, 4) is 0 Å². The van der Waals surface area contributed by atoms with Crippen molar-refractivity contribution in [2.45, 2.75) is 25.8 Å². The zero-order valence-corrected chi connectivity index (χ0v) is 11.2. The molecule has 0 saturated carbocycles. The highest BCUT2D eigenvalue weighted by Gasteiger charge is 2.24. The van der Waals surface area contributed by atoms with Crippen LogP contribution in [-0.2, 0) is 11.2 Å². The maximum atomic E-state index is 13.3. The first-order valence-electron chi connectivity index (χ1n) is 6.68. The predicted molar refractivity (Wildman–Crippen MR) is 73.6 cm³/mol. The van der Waals surface area contributed by atoms with E-state index in [1.165, 1.54) is 12.1 Å². The highest BCUT2D eigenvalue weighted by Crippen LogP contribution is 2.28. The van der Waals surface area contributed by atoms with Gasteiger partial charge in [-0.3, -0.25) is 4.79 Å². The maximum absolute atomic E-state index is 13.3. The van der Waals surface area contributed by atoms with Crippen LogP contribution in [0.4, 0.5) is 10.1 Å². The van der Waals surface area contributed by atoms with Crippen molar-refractivity contribution >= 4 is 11.6 Å². The number of hydrogen-bond donors (Lipinski definition) is 2. The van der Waals surface area contributed by atoms with Crippen LogP contribution < -0.4 is 16.0 Å². The first-order valence-corrected chi connectivity index (χ1v) is 6.68. The lowest BCUT2D eigenvalue weighted by Crippen LogP contribution is -2.49. The summed E-state index contributed by atoms with van der Waals surface area (Å²) < 4.78 is 13.3. The van der Waals surface area contributed by atoms with Gasteiger partial charge in [-0.2, -0.15) is 0 Å². The molecular formula is C14H20FN3O. The summed E-state index contributed by atoms with van der Waals surface area (Å²) in [5.41, 5.74) is 7.41. The van der Waals surface area contributed by atoms with Crippen LogP contribution in [0.1, 0.15) is 18.9 Å². The summed E-state index contributed by atoms with van der Waals surface area (Å²) in [7, 11) is 0. The summed E-state index contributed by atoms with van der Waals surface area (Å²) in [6, 6.07) is 4.42. The molecule has 0 aromatic heterocycles. The molecule has 1 amide bonds. The molecule has 3 N–H and O–H groups in total. The van der Waals surface area contributed by atoms with Crippen molar-refractivity contribution < 1.29 is 9.18 Å². The Morgan fingerprint density at radius 2 is 2.37 bits per heavy atom. The highest BCUT2D eigenvalue weighted by atomic mass is 19.1. The maximum Gasteiger partial charge on any atom is 0.236 e. The lowest BCUT2D eigenvalue weighted by molar-refractivity contribution is -0.119. The van der Waals surface area contributed by atoms with Gasteiger partial charge in [0.15, 0.2) is 0 Å². The smallest absolute Gasteiger partial charge is 0.236 e. The summed E-state index contributed by atoms with van der Waals surface area (Å²) >= 11 is 0. The molecule has 1 aliphatic heterocycles. The van der Waals surface area contributed by atoms with Crippen LogP contribution >= 0.6 is 0 Å². The van der Waals surface area contributed by atoms with E-state index in [2.05, 4.69) is 5.32 Å². The molecule has 19 heavy (non-hydrogen) atoms. The topological polar surface area (TPSA) is 58.4 Å². The third-order valence-electron chi connectivity index (χ3n) is 3.43. The van der Waals surface area contributed by atoms with Gasteiger partial charge in [0.25, 0.3) is 0 Å². The lowest BCUT2D eigenvalue weighted by atomic mass is 10.1. The Morgan fingerprint density at radius 3 is 3.05 bits per heavy atom. The Bertz CT molecular complexity index is 464. The van der Waals surface area contributed by atoms with Gasteiger partial charge in [0, 0.05) is 18.8 Å². The van der Waals surface area contributed by atoms with Gasteiger partial charge in [-0.15, -0.1) is 0 Å². The van der Waals surface area contributed by atoms with Gasteiger partial charge in [0.1, 0.15) is 11.9 Å². The standard InChI is InChI=1S/C14H20FN3O/c1-2-6-17-12(14(16)19)9-18-7-5-10-3-4-11(15)8-13(10)18/h3-4,8,12,17H,2,5-7,9H2,1H3,(H2,16,19). The average Bonchev–Trinajstić information content (AvgIpc) is 2.76. The number of nitrogens with zero attached hydrogens (tertiary/aromatic N) is 1. The minimum absolute atomic E-state index is 0.247. The average molecular weight is 265 g/mol. The summed E-state index contributed by atoms with van der Waals surface area (Å²) in [6.45, 7) is 4.07. The van der Waals surface area contributed by atoms with E-state index in [1.807, 2.05) is 17.9 Å². The molecule has 1 atom stereocenters. The second-order valence-electron chi connectivity index (χ2n) is 4.88. The molecular weight excluding hydrogens is 245 g/mol. The van der Waals surface area contributed by atoms with Crippen LogP contribution in [0, 0.1) is 5.82 Å². The van der Waals surface area contributed by atoms with Crippen LogP contribution in [0.2, 0.25) is 0 Å². The fourth-order valence-corrected chi connectivity index (χ4v) is 2.40. The lowest BCUT2D eigenvalue weighted by Gasteiger charge is -2.25. The monoisotopic (exact) mass is 265 g/mol. The number of nitrogens with one attached hydrogen (secondary N) is 1. The minimum Gasteiger partial charge on any atom is -0.369 e. The quantitative estimate of drug-likeness (QED) is 0.808. The van der Waals surface area contributed by atoms with E-state index in [4.69, 9.17) is 5.73 Å². The Balaban J connectivity index is 2.08. The molecule has 0 radical (unpaired) electrons. The Morgan fingerprint density at radius 1 is 1.58 bits per heavy atom. The number of fused-ring (bicyclic) bond motifs is 1. The van der Waals surface area contributed by atoms with Crippen LogP contribution in [0.5, 0.6) is 0 Å². The van der Waals surface area contributed by atoms with Crippen molar-refractivity contribution in [3.63, 3.8) is 0 Å². The van der Waals surface area contributed by atoms with E-state index in [1.54, 1.807) is 0 Å². The number of benzene rings is 1. The molecule has 1 aromatic carbocycles. The molecule has 4 nitrogen and oxygen atoms in total. The molecule has 0 bridgehead atoms. The van der Waals surface area contributed by atoms with Crippen molar-refractivity contribution in [2.75, 3.05) is 24.5 Å². The number of amides is 1. The van der Waals surface area contributed by atoms with E-state index >= 15 is 0 Å². The number of anilines is 1. The summed E-state index contributed by atoms with van der Waals surface area (Å²) in [6.07, 6.45) is 1.82. The van der Waals surface area contributed by atoms with Gasteiger partial charge in [-0.25, -0.2) is 4.39 Å². The van der Waals surface area contributed by atoms with E-state index in [0.29, 0.717) is 6.54 Å². The van der Waals surface area contributed by atoms with Crippen molar-refractivity contribution in [1.29, 1.82) is 0 Å². The van der Waals surface area contributed by atoms with E-state index in [9.17, 15) is 9.18 Å². The number of rotatable bonds is 6. The van der Waals surface area contributed by atoms with Crippen LogP contribution in [0.25, 0.3) is 0 Å². The molecule has 0 aliphatic carbocycles. The fourth-order valence-electron chi connectivity index (χ4n) is 2.40. The Kier molecular flexibility index (Phi) is 4.37. The van der Waals surface area contributed by atoms with E-state index in [-0.39, 0.29) is 11.7 Å². The fraction of sp³-hybridized carbons (Fsp3) is 0.500.